The number of hydrogen-bond acceptors (Lipinski definition) is 6. The Balaban J connectivity index is 1.41. The van der Waals surface area contributed by atoms with Crippen molar-refractivity contribution < 1.29 is 13.7 Å². The smallest absolute Gasteiger partial charge is 0.316 e. The van der Waals surface area contributed by atoms with E-state index < -0.39 is 0 Å². The molecule has 0 saturated carbocycles. The Morgan fingerprint density at radius 2 is 1.69 bits per heavy atom. The molecular formula is C18H16FN5O2. The molecule has 0 bridgehead atoms. The number of hydrogen-bond donors (Lipinski definition) is 0. The largest absolute Gasteiger partial charge is 0.368 e. The van der Waals surface area contributed by atoms with Gasteiger partial charge in [-0.2, -0.15) is 4.98 Å². The van der Waals surface area contributed by atoms with E-state index in [1.54, 1.807) is 41.6 Å². The molecule has 3 heterocycles. The number of rotatable bonds is 3. The van der Waals surface area contributed by atoms with Crippen LogP contribution in [0.5, 0.6) is 0 Å². The summed E-state index contributed by atoms with van der Waals surface area (Å²) in [6, 6.07) is 9.86. The van der Waals surface area contributed by atoms with Crippen LogP contribution in [0.25, 0.3) is 11.4 Å². The second kappa shape index (κ2) is 6.91. The van der Waals surface area contributed by atoms with E-state index in [2.05, 4.69) is 20.0 Å². The Bertz CT molecular complexity index is 889. The molecule has 1 aliphatic heterocycles. The second-order valence-corrected chi connectivity index (χ2v) is 5.91. The van der Waals surface area contributed by atoms with Crippen LogP contribution < -0.4 is 4.90 Å². The van der Waals surface area contributed by atoms with Gasteiger partial charge >= 0.3 is 11.8 Å². The van der Waals surface area contributed by atoms with E-state index >= 15 is 0 Å². The van der Waals surface area contributed by atoms with Crippen molar-refractivity contribution in [3.05, 3.63) is 60.5 Å². The second-order valence-electron chi connectivity index (χ2n) is 5.91. The maximum absolute atomic E-state index is 13.0. The number of carbonyl (C=O) groups excluding carboxylic acids is 1. The predicted molar refractivity (Wildman–Crippen MR) is 92.0 cm³/mol. The monoisotopic (exact) mass is 353 g/mol. The summed E-state index contributed by atoms with van der Waals surface area (Å²) in [7, 11) is 0. The van der Waals surface area contributed by atoms with Gasteiger partial charge in [-0.05, 0) is 36.4 Å². The molecule has 8 heteroatoms. The van der Waals surface area contributed by atoms with Crippen LogP contribution in [0.15, 0.2) is 53.3 Å². The van der Waals surface area contributed by atoms with Crippen LogP contribution in [0.3, 0.4) is 0 Å². The number of benzene rings is 1. The van der Waals surface area contributed by atoms with Crippen LogP contribution in [0.4, 0.5) is 10.1 Å². The number of anilines is 1. The summed E-state index contributed by atoms with van der Waals surface area (Å²) in [5.74, 6) is -0.201. The van der Waals surface area contributed by atoms with Gasteiger partial charge in [0.15, 0.2) is 0 Å². The molecule has 26 heavy (non-hydrogen) atoms. The lowest BCUT2D eigenvalue weighted by atomic mass is 10.2. The van der Waals surface area contributed by atoms with Crippen molar-refractivity contribution in [1.29, 1.82) is 0 Å². The Morgan fingerprint density at radius 3 is 2.38 bits per heavy atom. The van der Waals surface area contributed by atoms with Crippen molar-refractivity contribution in [2.45, 2.75) is 0 Å². The first-order chi connectivity index (χ1) is 12.7. The van der Waals surface area contributed by atoms with E-state index in [9.17, 15) is 9.18 Å². The summed E-state index contributed by atoms with van der Waals surface area (Å²) in [5.41, 5.74) is 1.68. The zero-order valence-corrected chi connectivity index (χ0v) is 13.9. The maximum Gasteiger partial charge on any atom is 0.316 e. The summed E-state index contributed by atoms with van der Waals surface area (Å²) in [4.78, 5) is 24.5. The van der Waals surface area contributed by atoms with E-state index in [1.807, 2.05) is 0 Å². The molecule has 1 aliphatic rings. The maximum atomic E-state index is 13.0. The van der Waals surface area contributed by atoms with E-state index in [-0.39, 0.29) is 17.6 Å². The van der Waals surface area contributed by atoms with Crippen LogP contribution in [0.1, 0.15) is 10.7 Å². The molecular weight excluding hydrogens is 337 g/mol. The van der Waals surface area contributed by atoms with Crippen molar-refractivity contribution in [1.82, 2.24) is 20.0 Å². The summed E-state index contributed by atoms with van der Waals surface area (Å²) in [6.45, 7) is 2.37. The third-order valence-corrected chi connectivity index (χ3v) is 4.31. The fraction of sp³-hybridized carbons (Fsp3) is 0.222. The Hall–Kier alpha value is -3.29. The summed E-state index contributed by atoms with van der Waals surface area (Å²) in [5, 5.41) is 3.87. The molecule has 0 radical (unpaired) electrons. The fourth-order valence-corrected chi connectivity index (χ4v) is 2.88. The van der Waals surface area contributed by atoms with Crippen molar-refractivity contribution in [3.8, 4) is 11.4 Å². The summed E-state index contributed by atoms with van der Waals surface area (Å²) >= 11 is 0. The van der Waals surface area contributed by atoms with Gasteiger partial charge in [0.2, 0.25) is 5.82 Å². The van der Waals surface area contributed by atoms with Gasteiger partial charge in [-0.1, -0.05) is 5.16 Å². The highest BCUT2D eigenvalue weighted by atomic mass is 19.1. The lowest BCUT2D eigenvalue weighted by Crippen LogP contribution is -2.48. The average Bonchev–Trinajstić information content (AvgIpc) is 3.19. The van der Waals surface area contributed by atoms with Gasteiger partial charge in [0.05, 0.1) is 0 Å². The zero-order chi connectivity index (χ0) is 17.9. The molecule has 0 atom stereocenters. The predicted octanol–water partition coefficient (Wildman–Crippen LogP) is 2.23. The first kappa shape index (κ1) is 16.2. The Labute approximate surface area is 149 Å². The SMILES string of the molecule is O=C(c1nc(-c2ccncc2)no1)N1CCN(c2ccc(F)cc2)CC1. The van der Waals surface area contributed by atoms with Gasteiger partial charge < -0.3 is 14.3 Å². The van der Waals surface area contributed by atoms with Crippen LogP contribution in [-0.4, -0.2) is 52.1 Å². The number of halogens is 1. The van der Waals surface area contributed by atoms with Crippen molar-refractivity contribution >= 4 is 11.6 Å². The molecule has 0 unspecified atom stereocenters. The molecule has 1 amide bonds. The highest BCUT2D eigenvalue weighted by Crippen LogP contribution is 2.19. The molecule has 1 aromatic carbocycles. The molecule has 2 aromatic heterocycles. The number of amides is 1. The molecule has 4 rings (SSSR count). The molecule has 7 nitrogen and oxygen atoms in total. The van der Waals surface area contributed by atoms with Crippen LogP contribution in [0, 0.1) is 5.82 Å². The highest BCUT2D eigenvalue weighted by molar-refractivity contribution is 5.90. The van der Waals surface area contributed by atoms with Gasteiger partial charge in [0.25, 0.3) is 0 Å². The van der Waals surface area contributed by atoms with Gasteiger partial charge in [-0.3, -0.25) is 9.78 Å². The highest BCUT2D eigenvalue weighted by Gasteiger charge is 2.26. The van der Waals surface area contributed by atoms with E-state index in [0.29, 0.717) is 32.0 Å². The quantitative estimate of drug-likeness (QED) is 0.719. The molecule has 1 fully saturated rings. The Kier molecular flexibility index (Phi) is 4.30. The van der Waals surface area contributed by atoms with Gasteiger partial charge in [0, 0.05) is 49.8 Å². The van der Waals surface area contributed by atoms with E-state index in [1.165, 1.54) is 12.1 Å². The molecule has 1 saturated heterocycles. The first-order valence-electron chi connectivity index (χ1n) is 8.24. The topological polar surface area (TPSA) is 75.4 Å². The molecule has 0 spiro atoms. The number of aromatic nitrogens is 3. The first-order valence-corrected chi connectivity index (χ1v) is 8.24. The lowest BCUT2D eigenvalue weighted by Gasteiger charge is -2.35. The molecule has 3 aromatic rings. The summed E-state index contributed by atoms with van der Waals surface area (Å²) < 4.78 is 18.2. The lowest BCUT2D eigenvalue weighted by molar-refractivity contribution is 0.0696. The summed E-state index contributed by atoms with van der Waals surface area (Å²) in [6.07, 6.45) is 3.25. The number of piperazine rings is 1. The van der Waals surface area contributed by atoms with Crippen LogP contribution in [0.2, 0.25) is 0 Å². The third-order valence-electron chi connectivity index (χ3n) is 4.31. The molecule has 0 aliphatic carbocycles. The normalized spacial score (nSPS) is 14.5. The molecule has 132 valence electrons. The third kappa shape index (κ3) is 3.26. The van der Waals surface area contributed by atoms with E-state index in [4.69, 9.17) is 4.52 Å². The van der Waals surface area contributed by atoms with Crippen molar-refractivity contribution in [2.75, 3.05) is 31.1 Å². The minimum atomic E-state index is -0.281. The Morgan fingerprint density at radius 1 is 1.00 bits per heavy atom. The van der Waals surface area contributed by atoms with Gasteiger partial charge in [0.1, 0.15) is 5.82 Å². The fourth-order valence-electron chi connectivity index (χ4n) is 2.88. The van der Waals surface area contributed by atoms with E-state index in [0.717, 1.165) is 11.3 Å². The minimum Gasteiger partial charge on any atom is -0.368 e. The van der Waals surface area contributed by atoms with Crippen molar-refractivity contribution in [3.63, 3.8) is 0 Å². The van der Waals surface area contributed by atoms with Gasteiger partial charge in [-0.25, -0.2) is 4.39 Å². The average molecular weight is 353 g/mol. The van der Waals surface area contributed by atoms with Crippen molar-refractivity contribution in [2.24, 2.45) is 0 Å². The van der Waals surface area contributed by atoms with Crippen LogP contribution in [-0.2, 0) is 0 Å². The number of pyridine rings is 1. The minimum absolute atomic E-state index is 0.0213. The van der Waals surface area contributed by atoms with Crippen LogP contribution >= 0.6 is 0 Å². The van der Waals surface area contributed by atoms with Gasteiger partial charge in [-0.15, -0.1) is 0 Å². The molecule has 0 N–H and O–H groups in total. The zero-order valence-electron chi connectivity index (χ0n) is 13.9. The number of nitrogens with zero attached hydrogens (tertiary/aromatic N) is 5. The number of carbonyl (C=O) groups is 1. The standard InChI is InChI=1S/C18H16FN5O2/c19-14-1-3-15(4-2-14)23-9-11-24(12-10-23)18(25)17-21-16(22-26-17)13-5-7-20-8-6-13/h1-8H,9-12H2.